The van der Waals surface area contributed by atoms with Gasteiger partial charge < -0.3 is 9.15 Å². The molecule has 0 radical (unpaired) electrons. The lowest BCUT2D eigenvalue weighted by Crippen LogP contribution is -2.23. The van der Waals surface area contributed by atoms with Crippen LogP contribution in [0.4, 0.5) is 10.8 Å². The number of hydrogen-bond donors (Lipinski definition) is 0. The first kappa shape index (κ1) is 19.8. The smallest absolute Gasteiger partial charge is 0.342 e. The van der Waals surface area contributed by atoms with Crippen molar-refractivity contribution in [2.75, 3.05) is 4.90 Å². The van der Waals surface area contributed by atoms with Gasteiger partial charge in [-0.3, -0.25) is 9.69 Å². The third kappa shape index (κ3) is 4.14. The van der Waals surface area contributed by atoms with Gasteiger partial charge >= 0.3 is 5.97 Å². The Morgan fingerprint density at radius 1 is 1.25 bits per heavy atom. The summed E-state index contributed by atoms with van der Waals surface area (Å²) >= 11 is 1.34. The zero-order valence-corrected chi connectivity index (χ0v) is 17.1. The Hall–Kier alpha value is -2.93. The van der Waals surface area contributed by atoms with Gasteiger partial charge in [-0.15, -0.1) is 11.3 Å². The van der Waals surface area contributed by atoms with Gasteiger partial charge in [0.05, 0.1) is 11.4 Å². The van der Waals surface area contributed by atoms with Crippen molar-refractivity contribution >= 4 is 34.0 Å². The molecule has 0 saturated heterocycles. The molecule has 6 nitrogen and oxygen atoms in total. The minimum atomic E-state index is -0.455. The number of benzene rings is 1. The molecule has 0 aliphatic heterocycles. The molecule has 2 heterocycles. The van der Waals surface area contributed by atoms with E-state index in [0.29, 0.717) is 27.9 Å². The second-order valence-electron chi connectivity index (χ2n) is 6.36. The predicted octanol–water partition coefficient (Wildman–Crippen LogP) is 4.96. The van der Waals surface area contributed by atoms with E-state index >= 15 is 0 Å². The van der Waals surface area contributed by atoms with Gasteiger partial charge in [0, 0.05) is 12.3 Å². The fourth-order valence-corrected chi connectivity index (χ4v) is 3.82. The Kier molecular flexibility index (Phi) is 5.94. The normalized spacial score (nSPS) is 10.7. The van der Waals surface area contributed by atoms with Gasteiger partial charge in [0.1, 0.15) is 23.7 Å². The number of anilines is 2. The van der Waals surface area contributed by atoms with Crippen molar-refractivity contribution < 1.29 is 18.7 Å². The Morgan fingerprint density at radius 2 is 2.00 bits per heavy atom. The molecule has 7 heteroatoms. The molecule has 0 saturated carbocycles. The van der Waals surface area contributed by atoms with Crippen LogP contribution in [0.2, 0.25) is 0 Å². The van der Waals surface area contributed by atoms with Crippen LogP contribution in [0.15, 0.2) is 40.1 Å². The van der Waals surface area contributed by atoms with Crippen LogP contribution in [-0.4, -0.2) is 16.9 Å². The summed E-state index contributed by atoms with van der Waals surface area (Å²) in [6.45, 7) is 7.09. The number of para-hydroxylation sites is 1. The number of nitrogens with zero attached hydrogens (tertiary/aromatic N) is 2. The molecular weight excluding hydrogens is 376 g/mol. The van der Waals surface area contributed by atoms with Crippen molar-refractivity contribution in [3.05, 3.63) is 64.1 Å². The molecular formula is C21H22N2O4S. The molecule has 0 bridgehead atoms. The van der Waals surface area contributed by atoms with Crippen molar-refractivity contribution in [2.24, 2.45) is 0 Å². The molecule has 0 aliphatic carbocycles. The maximum Gasteiger partial charge on any atom is 0.342 e. The maximum atomic E-state index is 12.3. The quantitative estimate of drug-likeness (QED) is 0.549. The first-order chi connectivity index (χ1) is 13.4. The lowest BCUT2D eigenvalue weighted by molar-refractivity contribution is -0.115. The predicted molar refractivity (Wildman–Crippen MR) is 108 cm³/mol. The number of carbonyl (C=O) groups is 2. The number of aromatic nitrogens is 1. The number of ether oxygens (including phenoxy) is 1. The fraction of sp³-hybridized carbons (Fsp3) is 0.286. The summed E-state index contributed by atoms with van der Waals surface area (Å²) in [5, 5.41) is 2.34. The Morgan fingerprint density at radius 3 is 2.64 bits per heavy atom. The third-order valence-electron chi connectivity index (χ3n) is 4.27. The summed E-state index contributed by atoms with van der Waals surface area (Å²) in [5.41, 5.74) is 2.88. The number of furan rings is 1. The average molecular weight is 398 g/mol. The first-order valence-electron chi connectivity index (χ1n) is 8.97. The lowest BCUT2D eigenvalue weighted by Gasteiger charge is -2.20. The van der Waals surface area contributed by atoms with Crippen molar-refractivity contribution in [1.29, 1.82) is 0 Å². The van der Waals surface area contributed by atoms with Crippen LogP contribution in [0.5, 0.6) is 0 Å². The highest BCUT2D eigenvalue weighted by Crippen LogP contribution is 2.32. The van der Waals surface area contributed by atoms with Crippen molar-refractivity contribution in [3.63, 3.8) is 0 Å². The number of amides is 1. The highest BCUT2D eigenvalue weighted by Gasteiger charge is 2.21. The van der Waals surface area contributed by atoms with E-state index in [0.717, 1.165) is 17.7 Å². The largest absolute Gasteiger partial charge is 0.466 e. The van der Waals surface area contributed by atoms with Crippen LogP contribution in [0, 0.1) is 13.8 Å². The summed E-state index contributed by atoms with van der Waals surface area (Å²) in [7, 11) is 0. The highest BCUT2D eigenvalue weighted by molar-refractivity contribution is 7.14. The van der Waals surface area contributed by atoms with E-state index < -0.39 is 5.97 Å². The zero-order chi connectivity index (χ0) is 20.3. The van der Waals surface area contributed by atoms with Gasteiger partial charge in [0.25, 0.3) is 0 Å². The van der Waals surface area contributed by atoms with Gasteiger partial charge in [0.2, 0.25) is 5.91 Å². The number of rotatable bonds is 6. The summed E-state index contributed by atoms with van der Waals surface area (Å²) in [6.07, 6.45) is 0.805. The Labute approximate surface area is 167 Å². The Bertz CT molecular complexity index is 1010. The van der Waals surface area contributed by atoms with Gasteiger partial charge in [-0.2, -0.15) is 0 Å². The van der Waals surface area contributed by atoms with E-state index in [1.165, 1.54) is 18.3 Å². The maximum absolute atomic E-state index is 12.3. The second kappa shape index (κ2) is 8.39. The van der Waals surface area contributed by atoms with Crippen LogP contribution in [0.25, 0.3) is 0 Å². The van der Waals surface area contributed by atoms with Crippen molar-refractivity contribution in [3.8, 4) is 0 Å². The molecule has 0 N–H and O–H groups in total. The van der Waals surface area contributed by atoms with E-state index in [1.54, 1.807) is 30.2 Å². The van der Waals surface area contributed by atoms with Gasteiger partial charge in [-0.05, 0) is 38.0 Å². The number of esters is 1. The van der Waals surface area contributed by atoms with Crippen LogP contribution < -0.4 is 4.90 Å². The molecule has 3 aromatic rings. The van der Waals surface area contributed by atoms with Crippen LogP contribution >= 0.6 is 11.3 Å². The number of thiazole rings is 1. The Balaban J connectivity index is 1.77. The standard InChI is InChI=1S/C21H22N2O4S/c1-5-16-8-6-7-9-19(16)23(15(4)24)21-22-17(12-28-21)11-26-20(25)18-10-13(2)27-14(18)3/h6-10,12H,5,11H2,1-4H3. The van der Waals surface area contributed by atoms with Crippen LogP contribution in [-0.2, 0) is 22.6 Å². The van der Waals surface area contributed by atoms with Gasteiger partial charge in [0.15, 0.2) is 5.13 Å². The summed E-state index contributed by atoms with van der Waals surface area (Å²) < 4.78 is 10.7. The van der Waals surface area contributed by atoms with Gasteiger partial charge in [-0.1, -0.05) is 25.1 Å². The second-order valence-corrected chi connectivity index (χ2v) is 7.20. The van der Waals surface area contributed by atoms with E-state index in [4.69, 9.17) is 9.15 Å². The first-order valence-corrected chi connectivity index (χ1v) is 9.85. The van der Waals surface area contributed by atoms with E-state index in [9.17, 15) is 9.59 Å². The van der Waals surface area contributed by atoms with E-state index in [-0.39, 0.29) is 12.5 Å². The lowest BCUT2D eigenvalue weighted by atomic mass is 10.1. The number of aryl methyl sites for hydroxylation is 3. The molecule has 3 rings (SSSR count). The monoisotopic (exact) mass is 398 g/mol. The minimum Gasteiger partial charge on any atom is -0.466 e. The molecule has 0 unspecified atom stereocenters. The zero-order valence-electron chi connectivity index (χ0n) is 16.3. The molecule has 28 heavy (non-hydrogen) atoms. The molecule has 0 fully saturated rings. The van der Waals surface area contributed by atoms with Crippen LogP contribution in [0.3, 0.4) is 0 Å². The van der Waals surface area contributed by atoms with E-state index in [2.05, 4.69) is 4.98 Å². The SMILES string of the molecule is CCc1ccccc1N(C(C)=O)c1nc(COC(=O)c2cc(C)oc2C)cs1. The highest BCUT2D eigenvalue weighted by atomic mass is 32.1. The molecule has 0 atom stereocenters. The number of hydrogen-bond acceptors (Lipinski definition) is 6. The van der Waals surface area contributed by atoms with E-state index in [1.807, 2.05) is 31.2 Å². The van der Waals surface area contributed by atoms with Crippen molar-refractivity contribution in [1.82, 2.24) is 4.98 Å². The topological polar surface area (TPSA) is 72.6 Å². The van der Waals surface area contributed by atoms with Crippen molar-refractivity contribution in [2.45, 2.75) is 40.7 Å². The molecule has 1 amide bonds. The van der Waals surface area contributed by atoms with Crippen LogP contribution in [0.1, 0.15) is 47.0 Å². The molecule has 1 aromatic carbocycles. The molecule has 2 aromatic heterocycles. The molecule has 146 valence electrons. The number of carbonyl (C=O) groups excluding carboxylic acids is 2. The molecule has 0 aliphatic rings. The van der Waals surface area contributed by atoms with Gasteiger partial charge in [-0.25, -0.2) is 9.78 Å². The summed E-state index contributed by atoms with van der Waals surface area (Å²) in [6, 6.07) is 9.41. The molecule has 0 spiro atoms. The summed E-state index contributed by atoms with van der Waals surface area (Å²) in [4.78, 5) is 30.6. The third-order valence-corrected chi connectivity index (χ3v) is 5.15. The minimum absolute atomic E-state index is 0.0279. The average Bonchev–Trinajstić information content (AvgIpc) is 3.26. The summed E-state index contributed by atoms with van der Waals surface area (Å²) in [5.74, 6) is 0.611. The fourth-order valence-electron chi connectivity index (χ4n) is 2.95.